The van der Waals surface area contributed by atoms with Gasteiger partial charge in [-0.2, -0.15) is 0 Å². The zero-order valence-corrected chi connectivity index (χ0v) is 11.6. The molecule has 3 heteroatoms. The fraction of sp³-hybridized carbons (Fsp3) is 0.562. The second-order valence-electron chi connectivity index (χ2n) is 5.79. The molecule has 1 aromatic rings. The maximum Gasteiger partial charge on any atom is 0.264 e. The van der Waals surface area contributed by atoms with E-state index in [2.05, 4.69) is 13.8 Å². The molecule has 2 aliphatic rings. The minimum absolute atomic E-state index is 0.163. The van der Waals surface area contributed by atoms with Crippen molar-refractivity contribution in [1.82, 2.24) is 4.90 Å². The molecule has 2 heterocycles. The highest BCUT2D eigenvalue weighted by Crippen LogP contribution is 2.31. The van der Waals surface area contributed by atoms with Gasteiger partial charge in [0.2, 0.25) is 0 Å². The van der Waals surface area contributed by atoms with E-state index in [1.807, 2.05) is 29.2 Å². The van der Waals surface area contributed by atoms with Crippen LogP contribution in [0.1, 0.15) is 38.7 Å². The number of para-hydroxylation sites is 1. The molecule has 0 aromatic heterocycles. The molecule has 0 saturated carbocycles. The van der Waals surface area contributed by atoms with Crippen molar-refractivity contribution in [2.45, 2.75) is 57.7 Å². The van der Waals surface area contributed by atoms with Crippen LogP contribution in [0.3, 0.4) is 0 Å². The number of carbonyl (C=O) groups excluding carboxylic acids is 1. The minimum Gasteiger partial charge on any atom is -0.480 e. The van der Waals surface area contributed by atoms with Crippen LogP contribution in [0.5, 0.6) is 5.75 Å². The SMILES string of the molecule is CC1CCCC(C)N1C(=O)C1Cc2ccccc2O1. The van der Waals surface area contributed by atoms with Crippen molar-refractivity contribution in [2.24, 2.45) is 0 Å². The lowest BCUT2D eigenvalue weighted by Gasteiger charge is -2.40. The summed E-state index contributed by atoms with van der Waals surface area (Å²) >= 11 is 0. The normalized spacial score (nSPS) is 29.8. The van der Waals surface area contributed by atoms with E-state index in [0.29, 0.717) is 18.5 Å². The van der Waals surface area contributed by atoms with E-state index >= 15 is 0 Å². The van der Waals surface area contributed by atoms with Gasteiger partial charge < -0.3 is 9.64 Å². The Kier molecular flexibility index (Phi) is 3.21. The third kappa shape index (κ3) is 2.22. The lowest BCUT2D eigenvalue weighted by atomic mass is 9.96. The van der Waals surface area contributed by atoms with Crippen molar-refractivity contribution < 1.29 is 9.53 Å². The fourth-order valence-electron chi connectivity index (χ4n) is 3.34. The molecule has 0 radical (unpaired) electrons. The van der Waals surface area contributed by atoms with Gasteiger partial charge in [-0.25, -0.2) is 0 Å². The third-order valence-electron chi connectivity index (χ3n) is 4.37. The van der Waals surface area contributed by atoms with Crippen LogP contribution in [0.2, 0.25) is 0 Å². The summed E-state index contributed by atoms with van der Waals surface area (Å²) < 4.78 is 5.83. The van der Waals surface area contributed by atoms with E-state index in [1.54, 1.807) is 0 Å². The number of likely N-dealkylation sites (tertiary alicyclic amines) is 1. The van der Waals surface area contributed by atoms with Gasteiger partial charge in [0.1, 0.15) is 5.75 Å². The lowest BCUT2D eigenvalue weighted by Crippen LogP contribution is -2.52. The maximum absolute atomic E-state index is 12.7. The van der Waals surface area contributed by atoms with E-state index in [9.17, 15) is 4.79 Å². The highest BCUT2D eigenvalue weighted by Gasteiger charge is 2.37. The Morgan fingerprint density at radius 1 is 1.21 bits per heavy atom. The molecule has 0 N–H and O–H groups in total. The first-order valence-electron chi connectivity index (χ1n) is 7.23. The summed E-state index contributed by atoms with van der Waals surface area (Å²) in [5.41, 5.74) is 1.15. The first-order valence-corrected chi connectivity index (χ1v) is 7.23. The van der Waals surface area contributed by atoms with Crippen LogP contribution < -0.4 is 4.74 Å². The van der Waals surface area contributed by atoms with Gasteiger partial charge in [0, 0.05) is 18.5 Å². The smallest absolute Gasteiger partial charge is 0.264 e. The predicted octanol–water partition coefficient (Wildman–Crippen LogP) is 2.78. The molecule has 1 amide bonds. The Hall–Kier alpha value is -1.51. The Balaban J connectivity index is 1.75. The Morgan fingerprint density at radius 3 is 2.58 bits per heavy atom. The van der Waals surface area contributed by atoms with Gasteiger partial charge in [-0.15, -0.1) is 0 Å². The van der Waals surface area contributed by atoms with E-state index in [0.717, 1.165) is 24.2 Å². The van der Waals surface area contributed by atoms with Crippen molar-refractivity contribution in [3.05, 3.63) is 29.8 Å². The van der Waals surface area contributed by atoms with Crippen molar-refractivity contribution in [3.8, 4) is 5.75 Å². The van der Waals surface area contributed by atoms with Gasteiger partial charge in [0.25, 0.3) is 5.91 Å². The Labute approximate surface area is 114 Å². The largest absolute Gasteiger partial charge is 0.480 e. The molecule has 1 saturated heterocycles. The zero-order chi connectivity index (χ0) is 13.4. The number of ether oxygens (including phenoxy) is 1. The van der Waals surface area contributed by atoms with Gasteiger partial charge in [0.15, 0.2) is 6.10 Å². The molecule has 0 aliphatic carbocycles. The quantitative estimate of drug-likeness (QED) is 0.776. The zero-order valence-electron chi connectivity index (χ0n) is 11.6. The topological polar surface area (TPSA) is 29.5 Å². The second-order valence-corrected chi connectivity index (χ2v) is 5.79. The summed E-state index contributed by atoms with van der Waals surface area (Å²) in [4.78, 5) is 14.7. The van der Waals surface area contributed by atoms with Gasteiger partial charge >= 0.3 is 0 Å². The molecule has 2 aliphatic heterocycles. The first-order chi connectivity index (χ1) is 9.16. The molecular formula is C16H21NO2. The number of nitrogens with zero attached hydrogens (tertiary/aromatic N) is 1. The Morgan fingerprint density at radius 2 is 1.89 bits per heavy atom. The fourth-order valence-corrected chi connectivity index (χ4v) is 3.34. The molecule has 19 heavy (non-hydrogen) atoms. The number of hydrogen-bond acceptors (Lipinski definition) is 2. The number of piperidine rings is 1. The van der Waals surface area contributed by atoms with E-state index in [-0.39, 0.29) is 12.0 Å². The number of benzene rings is 1. The number of hydrogen-bond donors (Lipinski definition) is 0. The first kappa shape index (κ1) is 12.5. The summed E-state index contributed by atoms with van der Waals surface area (Å²) in [5, 5.41) is 0. The minimum atomic E-state index is -0.319. The molecule has 3 nitrogen and oxygen atoms in total. The van der Waals surface area contributed by atoms with E-state index < -0.39 is 0 Å². The van der Waals surface area contributed by atoms with Crippen LogP contribution in [0.4, 0.5) is 0 Å². The predicted molar refractivity (Wildman–Crippen MR) is 74.2 cm³/mol. The van der Waals surface area contributed by atoms with Crippen LogP contribution in [0.25, 0.3) is 0 Å². The third-order valence-corrected chi connectivity index (χ3v) is 4.37. The van der Waals surface area contributed by atoms with E-state index in [4.69, 9.17) is 4.74 Å². The standard InChI is InChI=1S/C16H21NO2/c1-11-6-5-7-12(2)17(11)16(18)15-10-13-8-3-4-9-14(13)19-15/h3-4,8-9,11-12,15H,5-7,10H2,1-2H3. The summed E-state index contributed by atoms with van der Waals surface area (Å²) in [6.07, 6.45) is 3.83. The summed E-state index contributed by atoms with van der Waals surface area (Å²) in [6.45, 7) is 4.30. The number of amides is 1. The molecule has 1 fully saturated rings. The van der Waals surface area contributed by atoms with Crippen LogP contribution in [-0.2, 0) is 11.2 Å². The van der Waals surface area contributed by atoms with Crippen molar-refractivity contribution in [3.63, 3.8) is 0 Å². The van der Waals surface area contributed by atoms with Crippen molar-refractivity contribution in [2.75, 3.05) is 0 Å². The molecular weight excluding hydrogens is 238 g/mol. The molecule has 102 valence electrons. The summed E-state index contributed by atoms with van der Waals surface area (Å²) in [7, 11) is 0. The van der Waals surface area contributed by atoms with Gasteiger partial charge in [-0.05, 0) is 44.7 Å². The summed E-state index contributed by atoms with van der Waals surface area (Å²) in [6, 6.07) is 8.63. The molecule has 3 rings (SSSR count). The van der Waals surface area contributed by atoms with Crippen LogP contribution in [0, 0.1) is 0 Å². The monoisotopic (exact) mass is 259 g/mol. The molecule has 0 spiro atoms. The molecule has 1 aromatic carbocycles. The van der Waals surface area contributed by atoms with E-state index in [1.165, 1.54) is 6.42 Å². The van der Waals surface area contributed by atoms with Crippen molar-refractivity contribution in [1.29, 1.82) is 0 Å². The average Bonchev–Trinajstić information content (AvgIpc) is 2.82. The van der Waals surface area contributed by atoms with Crippen molar-refractivity contribution >= 4 is 5.91 Å². The second kappa shape index (κ2) is 4.87. The number of carbonyl (C=O) groups is 1. The Bertz CT molecular complexity index is 450. The van der Waals surface area contributed by atoms with Crippen LogP contribution >= 0.6 is 0 Å². The van der Waals surface area contributed by atoms with Crippen LogP contribution in [-0.4, -0.2) is 29.0 Å². The van der Waals surface area contributed by atoms with Gasteiger partial charge in [-0.1, -0.05) is 18.2 Å². The number of rotatable bonds is 1. The van der Waals surface area contributed by atoms with Gasteiger partial charge in [-0.3, -0.25) is 4.79 Å². The van der Waals surface area contributed by atoms with Crippen LogP contribution in [0.15, 0.2) is 24.3 Å². The molecule has 0 bridgehead atoms. The highest BCUT2D eigenvalue weighted by atomic mass is 16.5. The maximum atomic E-state index is 12.7. The summed E-state index contributed by atoms with van der Waals surface area (Å²) in [5.74, 6) is 1.04. The number of fused-ring (bicyclic) bond motifs is 1. The molecule has 3 atom stereocenters. The average molecular weight is 259 g/mol. The van der Waals surface area contributed by atoms with Gasteiger partial charge in [0.05, 0.1) is 0 Å². The highest BCUT2D eigenvalue weighted by molar-refractivity contribution is 5.83. The lowest BCUT2D eigenvalue weighted by molar-refractivity contribution is -0.144. The molecule has 3 unspecified atom stereocenters.